The van der Waals surface area contributed by atoms with Gasteiger partial charge in [0, 0.05) is 0 Å². The van der Waals surface area contributed by atoms with E-state index in [0.29, 0.717) is 0 Å². The number of carbonyl (C=O) groups is 1. The fourth-order valence-corrected chi connectivity index (χ4v) is 0.315. The molecule has 2 atom stereocenters. The molecule has 0 heterocycles. The molecule has 0 spiro atoms. The van der Waals surface area contributed by atoms with E-state index in [2.05, 4.69) is 11.3 Å². The van der Waals surface area contributed by atoms with Crippen molar-refractivity contribution in [3.63, 3.8) is 0 Å². The zero-order valence-electron chi connectivity index (χ0n) is 7.41. The second-order valence-electron chi connectivity index (χ2n) is 2.05. The maximum absolute atomic E-state index is 9.31. The molecule has 0 saturated carbocycles. The summed E-state index contributed by atoms with van der Waals surface area (Å²) < 4.78 is 3.72. The lowest BCUT2D eigenvalue weighted by molar-refractivity contribution is -0.0388. The van der Waals surface area contributed by atoms with Gasteiger partial charge in [-0.15, -0.1) is 0 Å². The van der Waals surface area contributed by atoms with Gasteiger partial charge in [-0.3, -0.25) is 0 Å². The molecule has 0 rings (SSSR count). The fourth-order valence-electron chi connectivity index (χ4n) is 0.315. The molecule has 0 amide bonds. The van der Waals surface area contributed by atoms with Gasteiger partial charge in [0.2, 0.25) is 0 Å². The molecule has 0 aliphatic rings. The molecule has 0 saturated heterocycles. The molecule has 0 unspecified atom stereocenters. The van der Waals surface area contributed by atoms with E-state index >= 15 is 0 Å². The van der Waals surface area contributed by atoms with Crippen LogP contribution in [0, 0.1) is 0 Å². The van der Waals surface area contributed by atoms with Crippen molar-refractivity contribution in [1.29, 1.82) is 0 Å². The summed E-state index contributed by atoms with van der Waals surface area (Å²) in [5, 5.41) is 40.8. The Labute approximate surface area is 80.5 Å². The number of aliphatic hydroxyl groups is 4. The highest BCUT2D eigenvalue weighted by Gasteiger charge is 2.12. The largest absolute Gasteiger partial charge is 0.510 e. The van der Waals surface area contributed by atoms with Crippen LogP contribution in [-0.4, -0.2) is 57.1 Å². The standard InChI is InChI=1S/C4H10O4.C3H4O3/c5-1-3(7)4(8)2-6;1-2-6-3(4)5/h3-8H,1-2H2;2H,1H2,(H,4,5)/t3-,4-;/m1./s1. The normalized spacial score (nSPS) is 13.1. The first-order valence-electron chi connectivity index (χ1n) is 3.57. The molecule has 7 nitrogen and oxygen atoms in total. The highest BCUT2D eigenvalue weighted by atomic mass is 16.7. The van der Waals surface area contributed by atoms with Gasteiger partial charge < -0.3 is 30.3 Å². The molecule has 14 heavy (non-hydrogen) atoms. The monoisotopic (exact) mass is 210 g/mol. The molecule has 0 radical (unpaired) electrons. The lowest BCUT2D eigenvalue weighted by Crippen LogP contribution is -2.31. The third kappa shape index (κ3) is 10.8. The second kappa shape index (κ2) is 9.93. The zero-order chi connectivity index (χ0) is 11.6. The number of rotatable bonds is 4. The summed E-state index contributed by atoms with van der Waals surface area (Å²) in [6.07, 6.45) is -2.92. The van der Waals surface area contributed by atoms with Crippen molar-refractivity contribution in [2.24, 2.45) is 0 Å². The zero-order valence-corrected chi connectivity index (χ0v) is 7.41. The van der Waals surface area contributed by atoms with E-state index in [9.17, 15) is 4.79 Å². The lowest BCUT2D eigenvalue weighted by atomic mass is 10.2. The number of ether oxygens (including phenoxy) is 1. The quantitative estimate of drug-likeness (QED) is 0.282. The molecule has 7 heteroatoms. The maximum atomic E-state index is 9.31. The number of hydrogen-bond acceptors (Lipinski definition) is 6. The number of aliphatic hydroxyl groups excluding tert-OH is 4. The van der Waals surface area contributed by atoms with E-state index in [1.165, 1.54) is 0 Å². The summed E-state index contributed by atoms with van der Waals surface area (Å²) in [6.45, 7) is 1.95. The Morgan fingerprint density at radius 1 is 1.29 bits per heavy atom. The summed E-state index contributed by atoms with van der Waals surface area (Å²) in [7, 11) is 0. The van der Waals surface area contributed by atoms with Crippen molar-refractivity contribution >= 4 is 6.16 Å². The van der Waals surface area contributed by atoms with Gasteiger partial charge in [-0.25, -0.2) is 4.79 Å². The minimum Gasteiger partial charge on any atom is -0.449 e. The number of carboxylic acid groups (broad SMARTS) is 1. The third-order valence-corrected chi connectivity index (χ3v) is 1.00. The Hall–Kier alpha value is -1.15. The average molecular weight is 210 g/mol. The van der Waals surface area contributed by atoms with E-state index in [1.807, 2.05) is 0 Å². The molecular weight excluding hydrogens is 196 g/mol. The van der Waals surface area contributed by atoms with Crippen LogP contribution in [0.4, 0.5) is 4.79 Å². The van der Waals surface area contributed by atoms with Crippen molar-refractivity contribution in [3.8, 4) is 0 Å². The van der Waals surface area contributed by atoms with Crippen LogP contribution in [0.25, 0.3) is 0 Å². The Morgan fingerprint density at radius 3 is 1.71 bits per heavy atom. The molecule has 0 aliphatic carbocycles. The van der Waals surface area contributed by atoms with Crippen LogP contribution in [0.2, 0.25) is 0 Å². The summed E-state index contributed by atoms with van der Waals surface area (Å²) >= 11 is 0. The molecule has 0 bridgehead atoms. The van der Waals surface area contributed by atoms with Crippen molar-refractivity contribution in [3.05, 3.63) is 12.8 Å². The average Bonchev–Trinajstić information content (AvgIpc) is 2.16. The van der Waals surface area contributed by atoms with Crippen molar-refractivity contribution in [2.45, 2.75) is 12.2 Å². The van der Waals surface area contributed by atoms with Gasteiger partial charge >= 0.3 is 6.16 Å². The molecule has 0 aromatic rings. The predicted molar refractivity (Wildman–Crippen MR) is 45.5 cm³/mol. The van der Waals surface area contributed by atoms with Crippen LogP contribution in [0.3, 0.4) is 0 Å². The highest BCUT2D eigenvalue weighted by Crippen LogP contribution is 1.88. The van der Waals surface area contributed by atoms with Crippen LogP contribution in [0.1, 0.15) is 0 Å². The van der Waals surface area contributed by atoms with Gasteiger partial charge in [0.1, 0.15) is 12.2 Å². The van der Waals surface area contributed by atoms with Gasteiger partial charge in [0.15, 0.2) is 0 Å². The van der Waals surface area contributed by atoms with Gasteiger partial charge in [-0.1, -0.05) is 6.58 Å². The van der Waals surface area contributed by atoms with Gasteiger partial charge in [0.25, 0.3) is 0 Å². The minimum absolute atomic E-state index is 0.526. The maximum Gasteiger partial charge on any atom is 0.510 e. The summed E-state index contributed by atoms with van der Waals surface area (Å²) in [4.78, 5) is 9.31. The molecular formula is C7H14O7. The molecule has 84 valence electrons. The lowest BCUT2D eigenvalue weighted by Gasteiger charge is -2.10. The van der Waals surface area contributed by atoms with Crippen molar-refractivity contribution in [1.82, 2.24) is 0 Å². The summed E-state index contributed by atoms with van der Waals surface area (Å²) in [6, 6.07) is 0. The topological polar surface area (TPSA) is 127 Å². The van der Waals surface area contributed by atoms with E-state index in [0.717, 1.165) is 6.26 Å². The van der Waals surface area contributed by atoms with Crippen LogP contribution >= 0.6 is 0 Å². The smallest absolute Gasteiger partial charge is 0.449 e. The Kier molecular flexibility index (Phi) is 10.9. The van der Waals surface area contributed by atoms with E-state index < -0.39 is 31.6 Å². The van der Waals surface area contributed by atoms with Gasteiger partial charge in [-0.05, 0) is 0 Å². The molecule has 0 fully saturated rings. The summed E-state index contributed by atoms with van der Waals surface area (Å²) in [5.41, 5.74) is 0. The first-order chi connectivity index (χ1) is 6.49. The molecule has 0 aliphatic heterocycles. The molecule has 5 N–H and O–H groups in total. The first-order valence-corrected chi connectivity index (χ1v) is 3.57. The fraction of sp³-hybridized carbons (Fsp3) is 0.571. The van der Waals surface area contributed by atoms with Crippen LogP contribution in [0.15, 0.2) is 12.8 Å². The van der Waals surface area contributed by atoms with Crippen molar-refractivity contribution in [2.75, 3.05) is 13.2 Å². The number of hydrogen-bond donors (Lipinski definition) is 5. The minimum atomic E-state index is -1.33. The third-order valence-electron chi connectivity index (χ3n) is 1.00. The SMILES string of the molecule is C=COC(=O)O.OC[C@@H](O)[C@H](O)CO. The Bertz CT molecular complexity index is 150. The van der Waals surface area contributed by atoms with Crippen LogP contribution < -0.4 is 0 Å². The van der Waals surface area contributed by atoms with Gasteiger partial charge in [0.05, 0.1) is 19.5 Å². The van der Waals surface area contributed by atoms with Gasteiger partial charge in [-0.2, -0.15) is 0 Å². The highest BCUT2D eigenvalue weighted by molar-refractivity contribution is 5.57. The molecule has 0 aromatic heterocycles. The molecule has 0 aromatic carbocycles. The summed E-state index contributed by atoms with van der Waals surface area (Å²) in [5.74, 6) is 0. The Balaban J connectivity index is 0. The van der Waals surface area contributed by atoms with E-state index in [-0.39, 0.29) is 0 Å². The Morgan fingerprint density at radius 2 is 1.64 bits per heavy atom. The van der Waals surface area contributed by atoms with Crippen LogP contribution in [-0.2, 0) is 4.74 Å². The second-order valence-corrected chi connectivity index (χ2v) is 2.05. The first kappa shape index (κ1) is 15.3. The van der Waals surface area contributed by atoms with Crippen LogP contribution in [0.5, 0.6) is 0 Å². The predicted octanol–water partition coefficient (Wildman–Crippen LogP) is -1.48. The van der Waals surface area contributed by atoms with Crippen molar-refractivity contribution < 1.29 is 35.1 Å². The van der Waals surface area contributed by atoms with E-state index in [1.54, 1.807) is 0 Å². The van der Waals surface area contributed by atoms with E-state index in [4.69, 9.17) is 25.5 Å².